The van der Waals surface area contributed by atoms with Crippen molar-refractivity contribution in [2.75, 3.05) is 0 Å². The van der Waals surface area contributed by atoms with Crippen LogP contribution in [0.3, 0.4) is 0 Å². The van der Waals surface area contributed by atoms with Crippen LogP contribution in [0.25, 0.3) is 44.8 Å². The molecule has 0 fully saturated rings. The average Bonchev–Trinajstić information content (AvgIpc) is 3.11. The van der Waals surface area contributed by atoms with Crippen molar-refractivity contribution in [2.24, 2.45) is 0 Å². The Morgan fingerprint density at radius 1 is 0.933 bits per heavy atom. The molecule has 0 radical (unpaired) electrons. The van der Waals surface area contributed by atoms with Crippen LogP contribution in [0.5, 0.6) is 0 Å². The largest absolute Gasteiger partial charge is 0.227 e. The van der Waals surface area contributed by atoms with Gasteiger partial charge in [0.2, 0.25) is 0 Å². The van der Waals surface area contributed by atoms with Crippen molar-refractivity contribution in [3.8, 4) is 11.3 Å². The van der Waals surface area contributed by atoms with E-state index in [0.29, 0.717) is 0 Å². The zero-order chi connectivity index (χ0) is 21.0. The molecule has 30 heavy (non-hydrogen) atoms. The molecule has 0 aliphatic heterocycles. The highest BCUT2D eigenvalue weighted by Gasteiger charge is 2.19. The van der Waals surface area contributed by atoms with E-state index in [1.165, 1.54) is 11.1 Å². The number of benzene rings is 3. The summed E-state index contributed by atoms with van der Waals surface area (Å²) >= 11 is 0. The maximum absolute atomic E-state index is 5.19. The minimum atomic E-state index is 0.0489. The Hall–Kier alpha value is -3.46. The first-order valence-corrected chi connectivity index (χ1v) is 10.3. The Kier molecular flexibility index (Phi) is 4.04. The average molecular weight is 392 g/mol. The first kappa shape index (κ1) is 18.6. The monoisotopic (exact) mass is 391 g/mol. The molecule has 5 aromatic rings. The second kappa shape index (κ2) is 6.53. The van der Waals surface area contributed by atoms with Crippen molar-refractivity contribution in [3.05, 3.63) is 83.9 Å². The van der Waals surface area contributed by atoms with Crippen molar-refractivity contribution >= 4 is 33.5 Å². The topological polar surface area (TPSA) is 30.2 Å². The Balaban J connectivity index is 1.98. The van der Waals surface area contributed by atoms with Gasteiger partial charge in [-0.1, -0.05) is 63.8 Å². The minimum Gasteiger partial charge on any atom is -0.227 e. The lowest BCUT2D eigenvalue weighted by Crippen LogP contribution is -2.11. The molecule has 0 saturated heterocycles. The molecule has 0 unspecified atom stereocenters. The fourth-order valence-corrected chi connectivity index (χ4v) is 4.06. The van der Waals surface area contributed by atoms with Gasteiger partial charge in [-0.3, -0.25) is 0 Å². The summed E-state index contributed by atoms with van der Waals surface area (Å²) in [5.74, 6) is 0. The van der Waals surface area contributed by atoms with Gasteiger partial charge in [-0.2, -0.15) is 5.10 Å². The molecule has 0 amide bonds. The van der Waals surface area contributed by atoms with E-state index in [2.05, 4.69) is 76.7 Å². The quantitative estimate of drug-likeness (QED) is 0.326. The van der Waals surface area contributed by atoms with Gasteiger partial charge >= 0.3 is 0 Å². The number of hydrogen-bond donors (Lipinski definition) is 0. The highest BCUT2D eigenvalue weighted by Crippen LogP contribution is 2.35. The van der Waals surface area contributed by atoms with Crippen LogP contribution in [0.4, 0.5) is 0 Å². The van der Waals surface area contributed by atoms with Crippen molar-refractivity contribution in [2.45, 2.75) is 33.1 Å². The predicted molar refractivity (Wildman–Crippen MR) is 127 cm³/mol. The number of aromatic nitrogens is 3. The number of hydrogen-bond acceptors (Lipinski definition) is 2. The maximum Gasteiger partial charge on any atom is 0.164 e. The summed E-state index contributed by atoms with van der Waals surface area (Å²) < 4.78 is 1.99. The normalized spacial score (nSPS) is 12.1. The van der Waals surface area contributed by atoms with Gasteiger partial charge in [0.1, 0.15) is 0 Å². The molecular formula is C27H25N3. The van der Waals surface area contributed by atoms with Gasteiger partial charge in [-0.05, 0) is 59.4 Å². The molecule has 3 nitrogen and oxygen atoms in total. The summed E-state index contributed by atoms with van der Waals surface area (Å²) in [5.41, 5.74) is 8.67. The molecule has 0 atom stereocenters. The molecule has 0 spiro atoms. The predicted octanol–water partition coefficient (Wildman–Crippen LogP) is 6.95. The lowest BCUT2D eigenvalue weighted by molar-refractivity contribution is 0.591. The molecule has 5 rings (SSSR count). The summed E-state index contributed by atoms with van der Waals surface area (Å²) in [6.45, 7) is 12.8. The molecule has 0 saturated carbocycles. The van der Waals surface area contributed by atoms with Gasteiger partial charge in [-0.15, -0.1) is 0 Å². The summed E-state index contributed by atoms with van der Waals surface area (Å²) in [6.07, 6.45) is 1.89. The number of aryl methyl sites for hydroxylation is 1. The van der Waals surface area contributed by atoms with E-state index in [-0.39, 0.29) is 5.41 Å². The van der Waals surface area contributed by atoms with Crippen LogP contribution >= 0.6 is 0 Å². The van der Waals surface area contributed by atoms with Crippen LogP contribution in [-0.2, 0) is 5.41 Å². The van der Waals surface area contributed by atoms with E-state index >= 15 is 0 Å². The molecule has 0 bridgehead atoms. The van der Waals surface area contributed by atoms with E-state index in [1.54, 1.807) is 0 Å². The van der Waals surface area contributed by atoms with E-state index in [0.717, 1.165) is 44.3 Å². The standard InChI is InChI=1S/C27H25N3/c1-6-18-12-11-17(2)21(15-18)25-22-16-19(27(3,4)5)13-14-24(22)30-26(28-25)20-9-7-8-10-23(20)29-30/h6-16H,1H2,2-5H3. The summed E-state index contributed by atoms with van der Waals surface area (Å²) in [5, 5.41) is 7.05. The highest BCUT2D eigenvalue weighted by molar-refractivity contribution is 6.01. The van der Waals surface area contributed by atoms with Crippen LogP contribution in [0.2, 0.25) is 0 Å². The Labute approximate surface area is 176 Å². The van der Waals surface area contributed by atoms with Gasteiger partial charge in [0.05, 0.1) is 16.7 Å². The molecule has 0 N–H and O–H groups in total. The molecule has 2 aromatic heterocycles. The molecule has 148 valence electrons. The van der Waals surface area contributed by atoms with E-state index < -0.39 is 0 Å². The number of nitrogens with zero attached hydrogens (tertiary/aromatic N) is 3. The van der Waals surface area contributed by atoms with Gasteiger partial charge in [0.25, 0.3) is 0 Å². The zero-order valence-corrected chi connectivity index (χ0v) is 17.9. The third kappa shape index (κ3) is 2.81. The number of fused-ring (bicyclic) bond motifs is 5. The van der Waals surface area contributed by atoms with Gasteiger partial charge in [-0.25, -0.2) is 9.50 Å². The van der Waals surface area contributed by atoms with Crippen LogP contribution in [0.15, 0.2) is 67.2 Å². The minimum absolute atomic E-state index is 0.0489. The third-order valence-electron chi connectivity index (χ3n) is 5.87. The second-order valence-electron chi connectivity index (χ2n) is 8.97. The highest BCUT2D eigenvalue weighted by atomic mass is 15.3. The second-order valence-corrected chi connectivity index (χ2v) is 8.97. The summed E-state index contributed by atoms with van der Waals surface area (Å²) in [7, 11) is 0. The summed E-state index contributed by atoms with van der Waals surface area (Å²) in [4.78, 5) is 5.19. The van der Waals surface area contributed by atoms with Gasteiger partial charge in [0.15, 0.2) is 5.65 Å². The van der Waals surface area contributed by atoms with Gasteiger partial charge in [0, 0.05) is 16.3 Å². The first-order chi connectivity index (χ1) is 14.4. The molecule has 0 aliphatic carbocycles. The van der Waals surface area contributed by atoms with Crippen molar-refractivity contribution in [1.29, 1.82) is 0 Å². The van der Waals surface area contributed by atoms with Crippen LogP contribution < -0.4 is 0 Å². The van der Waals surface area contributed by atoms with Crippen LogP contribution in [0.1, 0.15) is 37.5 Å². The molecule has 3 aromatic carbocycles. The zero-order valence-electron chi connectivity index (χ0n) is 17.9. The van der Waals surface area contributed by atoms with Crippen molar-refractivity contribution < 1.29 is 0 Å². The SMILES string of the molecule is C=Cc1ccc(C)c(-c2nc3c4ccccc4nn3c3ccc(C(C)(C)C)cc23)c1. The van der Waals surface area contributed by atoms with Crippen molar-refractivity contribution in [3.63, 3.8) is 0 Å². The molecule has 0 aliphatic rings. The Morgan fingerprint density at radius 3 is 2.50 bits per heavy atom. The van der Waals surface area contributed by atoms with E-state index in [4.69, 9.17) is 10.1 Å². The molecular weight excluding hydrogens is 366 g/mol. The fraction of sp³-hybridized carbons (Fsp3) is 0.185. The van der Waals surface area contributed by atoms with Crippen LogP contribution in [0, 0.1) is 6.92 Å². The van der Waals surface area contributed by atoms with Crippen LogP contribution in [-0.4, -0.2) is 14.6 Å². The Morgan fingerprint density at radius 2 is 1.73 bits per heavy atom. The maximum atomic E-state index is 5.19. The van der Waals surface area contributed by atoms with E-state index in [9.17, 15) is 0 Å². The number of rotatable bonds is 2. The van der Waals surface area contributed by atoms with Crippen molar-refractivity contribution in [1.82, 2.24) is 14.6 Å². The molecule has 3 heteroatoms. The molecule has 2 heterocycles. The lowest BCUT2D eigenvalue weighted by Gasteiger charge is -2.20. The summed E-state index contributed by atoms with van der Waals surface area (Å²) in [6, 6.07) is 21.3. The first-order valence-electron chi connectivity index (χ1n) is 10.3. The lowest BCUT2D eigenvalue weighted by atomic mass is 9.85. The van der Waals surface area contributed by atoms with Gasteiger partial charge < -0.3 is 0 Å². The third-order valence-corrected chi connectivity index (χ3v) is 5.87. The van der Waals surface area contributed by atoms with E-state index in [1.807, 2.05) is 28.8 Å². The Bertz CT molecular complexity index is 1450. The fourth-order valence-electron chi connectivity index (χ4n) is 4.06. The smallest absolute Gasteiger partial charge is 0.164 e.